The van der Waals surface area contributed by atoms with Crippen LogP contribution < -0.4 is 9.62 Å². The number of benzene rings is 2. The lowest BCUT2D eigenvalue weighted by atomic mass is 10.1. The zero-order valence-electron chi connectivity index (χ0n) is 15.5. The number of carbonyl (C=O) groups excluding carboxylic acids is 1. The molecule has 0 aromatic heterocycles. The number of sulfonamides is 1. The molecule has 144 valence electrons. The maximum absolute atomic E-state index is 12.6. The Bertz CT molecular complexity index is 968. The maximum Gasteiger partial charge on any atom is 0.271 e. The smallest absolute Gasteiger partial charge is 0.271 e. The first-order chi connectivity index (χ1) is 12.5. The van der Waals surface area contributed by atoms with Crippen molar-refractivity contribution in [3.05, 3.63) is 63.7 Å². The monoisotopic (exact) mass is 391 g/mol. The SMILES string of the molecule is Cc1cc(C)cc(N([C@@H](C)C(=O)Nc2cccc([N+](=O)[O-])c2)S(C)(=O)=O)c1. The van der Waals surface area contributed by atoms with E-state index in [0.29, 0.717) is 5.69 Å². The first-order valence-corrected chi connectivity index (χ1v) is 9.97. The molecule has 0 saturated carbocycles. The average Bonchev–Trinajstić information content (AvgIpc) is 2.52. The Balaban J connectivity index is 2.35. The molecule has 8 nitrogen and oxygen atoms in total. The van der Waals surface area contributed by atoms with Crippen LogP contribution in [0.1, 0.15) is 18.1 Å². The van der Waals surface area contributed by atoms with E-state index in [9.17, 15) is 23.3 Å². The second-order valence-electron chi connectivity index (χ2n) is 6.38. The van der Waals surface area contributed by atoms with Crippen molar-refractivity contribution in [2.24, 2.45) is 0 Å². The van der Waals surface area contributed by atoms with Gasteiger partial charge in [-0.2, -0.15) is 0 Å². The highest BCUT2D eigenvalue weighted by molar-refractivity contribution is 7.92. The molecule has 27 heavy (non-hydrogen) atoms. The molecule has 2 rings (SSSR count). The van der Waals surface area contributed by atoms with Crippen molar-refractivity contribution in [1.82, 2.24) is 0 Å². The lowest BCUT2D eigenvalue weighted by molar-refractivity contribution is -0.384. The average molecular weight is 391 g/mol. The second-order valence-corrected chi connectivity index (χ2v) is 8.24. The largest absolute Gasteiger partial charge is 0.324 e. The van der Waals surface area contributed by atoms with Crippen molar-refractivity contribution in [3.8, 4) is 0 Å². The topological polar surface area (TPSA) is 110 Å². The van der Waals surface area contributed by atoms with Gasteiger partial charge < -0.3 is 5.32 Å². The van der Waals surface area contributed by atoms with Crippen LogP contribution in [0.3, 0.4) is 0 Å². The van der Waals surface area contributed by atoms with Crippen molar-refractivity contribution >= 4 is 33.0 Å². The normalized spacial score (nSPS) is 12.3. The van der Waals surface area contributed by atoms with E-state index in [4.69, 9.17) is 0 Å². The summed E-state index contributed by atoms with van der Waals surface area (Å²) in [6.45, 7) is 5.14. The molecule has 0 spiro atoms. The van der Waals surface area contributed by atoms with Crippen LogP contribution >= 0.6 is 0 Å². The molecular weight excluding hydrogens is 370 g/mol. The van der Waals surface area contributed by atoms with Crippen LogP contribution in [-0.2, 0) is 14.8 Å². The van der Waals surface area contributed by atoms with Gasteiger partial charge in [-0.15, -0.1) is 0 Å². The van der Waals surface area contributed by atoms with Gasteiger partial charge in [0.05, 0.1) is 16.9 Å². The molecule has 0 saturated heterocycles. The minimum Gasteiger partial charge on any atom is -0.324 e. The highest BCUT2D eigenvalue weighted by Gasteiger charge is 2.29. The van der Waals surface area contributed by atoms with Crippen LogP contribution in [0.4, 0.5) is 17.1 Å². The molecule has 0 bridgehead atoms. The van der Waals surface area contributed by atoms with Gasteiger partial charge in [-0.25, -0.2) is 8.42 Å². The van der Waals surface area contributed by atoms with Gasteiger partial charge in [0.25, 0.3) is 5.69 Å². The number of nitro groups is 1. The molecule has 0 aliphatic carbocycles. The second kappa shape index (κ2) is 7.75. The molecule has 0 aliphatic heterocycles. The van der Waals surface area contributed by atoms with Gasteiger partial charge in [0.2, 0.25) is 15.9 Å². The maximum atomic E-state index is 12.6. The summed E-state index contributed by atoms with van der Waals surface area (Å²) in [5.41, 5.74) is 2.16. The van der Waals surface area contributed by atoms with Crippen molar-refractivity contribution in [2.75, 3.05) is 15.9 Å². The first-order valence-electron chi connectivity index (χ1n) is 8.12. The predicted octanol–water partition coefficient (Wildman–Crippen LogP) is 3.00. The summed E-state index contributed by atoms with van der Waals surface area (Å²) < 4.78 is 25.7. The fourth-order valence-corrected chi connectivity index (χ4v) is 3.99. The van der Waals surface area contributed by atoms with Gasteiger partial charge in [-0.3, -0.25) is 19.2 Å². The fourth-order valence-electron chi connectivity index (χ4n) is 2.83. The molecule has 1 N–H and O–H groups in total. The van der Waals surface area contributed by atoms with Crippen molar-refractivity contribution in [1.29, 1.82) is 0 Å². The summed E-state index contributed by atoms with van der Waals surface area (Å²) in [5.74, 6) is -0.597. The van der Waals surface area contributed by atoms with Gasteiger partial charge in [0.1, 0.15) is 6.04 Å². The molecule has 0 radical (unpaired) electrons. The van der Waals surface area contributed by atoms with Crippen LogP contribution in [0.2, 0.25) is 0 Å². The lowest BCUT2D eigenvalue weighted by Crippen LogP contribution is -2.45. The van der Waals surface area contributed by atoms with E-state index in [1.165, 1.54) is 31.2 Å². The number of nitrogens with zero attached hydrogens (tertiary/aromatic N) is 2. The van der Waals surface area contributed by atoms with Gasteiger partial charge in [0, 0.05) is 17.8 Å². The third-order valence-electron chi connectivity index (χ3n) is 3.87. The van der Waals surface area contributed by atoms with E-state index < -0.39 is 26.9 Å². The first kappa shape index (κ1) is 20.4. The molecule has 9 heteroatoms. The van der Waals surface area contributed by atoms with Crippen LogP contribution in [0.25, 0.3) is 0 Å². The zero-order valence-corrected chi connectivity index (χ0v) is 16.3. The van der Waals surface area contributed by atoms with Crippen molar-refractivity contribution in [3.63, 3.8) is 0 Å². The highest BCUT2D eigenvalue weighted by Crippen LogP contribution is 2.25. The number of rotatable bonds is 6. The number of nitrogens with one attached hydrogen (secondary N) is 1. The summed E-state index contributed by atoms with van der Waals surface area (Å²) in [4.78, 5) is 22.9. The third-order valence-corrected chi connectivity index (χ3v) is 5.12. The molecule has 1 atom stereocenters. The molecule has 2 aromatic rings. The molecule has 0 fully saturated rings. The van der Waals surface area contributed by atoms with Crippen molar-refractivity contribution in [2.45, 2.75) is 26.8 Å². The Morgan fingerprint density at radius 2 is 1.74 bits per heavy atom. The summed E-state index contributed by atoms with van der Waals surface area (Å²) >= 11 is 0. The minimum absolute atomic E-state index is 0.172. The minimum atomic E-state index is -3.75. The Morgan fingerprint density at radius 3 is 2.26 bits per heavy atom. The van der Waals surface area contributed by atoms with Crippen molar-refractivity contribution < 1.29 is 18.1 Å². The van der Waals surface area contributed by atoms with E-state index in [0.717, 1.165) is 21.7 Å². The number of hydrogen-bond donors (Lipinski definition) is 1. The number of nitro benzene ring substituents is 1. The van der Waals surface area contributed by atoms with Gasteiger partial charge >= 0.3 is 0 Å². The van der Waals surface area contributed by atoms with Gasteiger partial charge in [-0.05, 0) is 50.1 Å². The highest BCUT2D eigenvalue weighted by atomic mass is 32.2. The van der Waals surface area contributed by atoms with E-state index in [1.807, 2.05) is 19.9 Å². The van der Waals surface area contributed by atoms with E-state index in [1.54, 1.807) is 12.1 Å². The number of carbonyl (C=O) groups is 1. The Hall–Kier alpha value is -2.94. The Kier molecular flexibility index (Phi) is 5.85. The molecule has 2 aromatic carbocycles. The molecular formula is C18H21N3O5S. The van der Waals surface area contributed by atoms with Gasteiger partial charge in [-0.1, -0.05) is 12.1 Å². The molecule has 0 heterocycles. The fraction of sp³-hybridized carbons (Fsp3) is 0.278. The third kappa shape index (κ3) is 5.04. The summed E-state index contributed by atoms with van der Waals surface area (Å²) in [7, 11) is -3.75. The van der Waals surface area contributed by atoms with Crippen LogP contribution in [0, 0.1) is 24.0 Å². The molecule has 0 aliphatic rings. The van der Waals surface area contributed by atoms with E-state index in [2.05, 4.69) is 5.32 Å². The van der Waals surface area contributed by atoms with Crippen LogP contribution in [-0.4, -0.2) is 31.5 Å². The quantitative estimate of drug-likeness (QED) is 0.601. The Labute approximate surface area is 158 Å². The summed E-state index contributed by atoms with van der Waals surface area (Å²) in [5, 5.41) is 13.4. The van der Waals surface area contributed by atoms with Gasteiger partial charge in [0.15, 0.2) is 0 Å². The zero-order chi connectivity index (χ0) is 20.4. The molecule has 1 amide bonds. The standard InChI is InChI=1S/C18H21N3O5S/c1-12-8-13(2)10-17(9-12)20(27(4,25)26)14(3)18(22)19-15-6-5-7-16(11-15)21(23)24/h5-11,14H,1-4H3,(H,19,22)/t14-/m0/s1. The number of anilines is 2. The molecule has 0 unspecified atom stereocenters. The van der Waals surface area contributed by atoms with Crippen LogP contribution in [0.15, 0.2) is 42.5 Å². The Morgan fingerprint density at radius 1 is 1.15 bits per heavy atom. The summed E-state index contributed by atoms with van der Waals surface area (Å²) in [6, 6.07) is 9.67. The number of amides is 1. The summed E-state index contributed by atoms with van der Waals surface area (Å²) in [6.07, 6.45) is 1.03. The number of hydrogen-bond acceptors (Lipinski definition) is 5. The van der Waals surface area contributed by atoms with Crippen LogP contribution in [0.5, 0.6) is 0 Å². The lowest BCUT2D eigenvalue weighted by Gasteiger charge is -2.28. The van der Waals surface area contributed by atoms with E-state index in [-0.39, 0.29) is 11.4 Å². The predicted molar refractivity (Wildman–Crippen MR) is 104 cm³/mol. The van der Waals surface area contributed by atoms with E-state index >= 15 is 0 Å². The number of aryl methyl sites for hydroxylation is 2. The number of non-ortho nitro benzene ring substituents is 1.